The normalized spacial score (nSPS) is 17.3. The van der Waals surface area contributed by atoms with E-state index in [4.69, 9.17) is 9.84 Å². The molecule has 1 unspecified atom stereocenters. The second-order valence-corrected chi connectivity index (χ2v) is 9.41. The molecule has 2 aliphatic rings. The number of hydrogen-bond acceptors (Lipinski definition) is 5. The van der Waals surface area contributed by atoms with Crippen LogP contribution < -0.4 is 5.32 Å². The Kier molecular flexibility index (Phi) is 7.40. The highest BCUT2D eigenvalue weighted by Crippen LogP contribution is 2.44. The fourth-order valence-corrected chi connectivity index (χ4v) is 4.93. The molecule has 2 amide bonds. The van der Waals surface area contributed by atoms with E-state index in [9.17, 15) is 14.4 Å². The van der Waals surface area contributed by atoms with Gasteiger partial charge in [-0.2, -0.15) is 0 Å². The third-order valence-electron chi connectivity index (χ3n) is 7.20. The molecule has 0 bridgehead atoms. The van der Waals surface area contributed by atoms with Crippen LogP contribution in [0.2, 0.25) is 0 Å². The van der Waals surface area contributed by atoms with E-state index in [1.54, 1.807) is 11.8 Å². The van der Waals surface area contributed by atoms with E-state index in [2.05, 4.69) is 29.6 Å². The molecule has 1 atom stereocenters. The number of nitrogens with zero attached hydrogens (tertiary/aromatic N) is 2. The summed E-state index contributed by atoms with van der Waals surface area (Å²) in [4.78, 5) is 40.7. The third-order valence-corrected chi connectivity index (χ3v) is 7.20. The first-order valence-corrected chi connectivity index (χ1v) is 12.2. The molecule has 4 rings (SSSR count). The molecule has 2 N–H and O–H groups in total. The first-order valence-electron chi connectivity index (χ1n) is 12.2. The van der Waals surface area contributed by atoms with Crippen LogP contribution in [0.15, 0.2) is 48.5 Å². The molecule has 1 aliphatic heterocycles. The largest absolute Gasteiger partial charge is 0.481 e. The number of aliphatic carboxylic acids is 1. The Bertz CT molecular complexity index is 1050. The Labute approximate surface area is 205 Å². The van der Waals surface area contributed by atoms with Crippen LogP contribution in [0.5, 0.6) is 0 Å². The standard InChI is InChI=1S/C27H33N3O5/c1-3-27(2,25(33)30-16-14-29(15-17-30)13-12-24(31)32)28-26(34)35-18-23-21-10-6-4-8-19(21)20-9-5-7-11-22(20)23/h4-11,23H,3,12-18H2,1-2H3,(H,28,34)(H,31,32). The zero-order chi connectivity index (χ0) is 25.0. The Morgan fingerprint density at radius 1 is 1.00 bits per heavy atom. The van der Waals surface area contributed by atoms with Gasteiger partial charge in [-0.15, -0.1) is 0 Å². The molecule has 2 aromatic rings. The first-order chi connectivity index (χ1) is 16.8. The highest BCUT2D eigenvalue weighted by molar-refractivity contribution is 5.89. The molecule has 2 aromatic carbocycles. The summed E-state index contributed by atoms with van der Waals surface area (Å²) in [5.41, 5.74) is 3.51. The van der Waals surface area contributed by atoms with Gasteiger partial charge in [0, 0.05) is 38.6 Å². The number of piperazine rings is 1. The molecule has 0 aromatic heterocycles. The summed E-state index contributed by atoms with van der Waals surface area (Å²) < 4.78 is 5.66. The summed E-state index contributed by atoms with van der Waals surface area (Å²) in [5.74, 6) is -1.02. The van der Waals surface area contributed by atoms with Crippen LogP contribution in [-0.2, 0) is 14.3 Å². The van der Waals surface area contributed by atoms with E-state index in [0.29, 0.717) is 39.1 Å². The van der Waals surface area contributed by atoms with Crippen molar-refractivity contribution >= 4 is 18.0 Å². The number of benzene rings is 2. The average molecular weight is 480 g/mol. The Morgan fingerprint density at radius 3 is 2.11 bits per heavy atom. The van der Waals surface area contributed by atoms with Crippen LogP contribution in [0, 0.1) is 0 Å². The minimum Gasteiger partial charge on any atom is -0.481 e. The zero-order valence-corrected chi connectivity index (χ0v) is 20.3. The van der Waals surface area contributed by atoms with Gasteiger partial charge in [0.05, 0.1) is 6.42 Å². The van der Waals surface area contributed by atoms with E-state index in [0.717, 1.165) is 22.3 Å². The summed E-state index contributed by atoms with van der Waals surface area (Å²) in [6.07, 6.45) is -0.0937. The van der Waals surface area contributed by atoms with Crippen LogP contribution in [0.25, 0.3) is 11.1 Å². The van der Waals surface area contributed by atoms with Gasteiger partial charge < -0.3 is 20.1 Å². The number of alkyl carbamates (subject to hydrolysis) is 1. The van der Waals surface area contributed by atoms with Crippen LogP contribution in [-0.4, -0.2) is 77.7 Å². The van der Waals surface area contributed by atoms with E-state index in [1.165, 1.54) is 0 Å². The van der Waals surface area contributed by atoms with Crippen molar-refractivity contribution in [3.8, 4) is 11.1 Å². The maximum absolute atomic E-state index is 13.3. The lowest BCUT2D eigenvalue weighted by molar-refractivity contribution is -0.141. The molecule has 1 fully saturated rings. The predicted octanol–water partition coefficient (Wildman–Crippen LogP) is 3.31. The van der Waals surface area contributed by atoms with Crippen LogP contribution in [0.4, 0.5) is 4.79 Å². The number of amides is 2. The van der Waals surface area contributed by atoms with Gasteiger partial charge in [-0.3, -0.25) is 14.5 Å². The lowest BCUT2D eigenvalue weighted by Gasteiger charge is -2.39. The van der Waals surface area contributed by atoms with Crippen molar-refractivity contribution in [3.63, 3.8) is 0 Å². The number of carboxylic acids is 1. The summed E-state index contributed by atoms with van der Waals surface area (Å²) in [7, 11) is 0. The van der Waals surface area contributed by atoms with E-state index < -0.39 is 17.6 Å². The van der Waals surface area contributed by atoms with Gasteiger partial charge in [0.2, 0.25) is 5.91 Å². The lowest BCUT2D eigenvalue weighted by Crippen LogP contribution is -2.61. The fourth-order valence-electron chi connectivity index (χ4n) is 4.93. The van der Waals surface area contributed by atoms with E-state index in [1.807, 2.05) is 36.1 Å². The van der Waals surface area contributed by atoms with Gasteiger partial charge in [0.25, 0.3) is 0 Å². The molecule has 186 valence electrons. The van der Waals surface area contributed by atoms with Gasteiger partial charge in [-0.05, 0) is 35.6 Å². The average Bonchev–Trinajstić information content (AvgIpc) is 3.19. The SMILES string of the molecule is CCC(C)(NC(=O)OCC1c2ccccc2-c2ccccc21)C(=O)N1CCN(CCC(=O)O)CC1. The third kappa shape index (κ3) is 5.32. The number of ether oxygens (including phenoxy) is 1. The van der Waals surface area contributed by atoms with Crippen molar-refractivity contribution < 1.29 is 24.2 Å². The number of hydrogen-bond donors (Lipinski definition) is 2. The molecule has 8 heteroatoms. The molecular formula is C27H33N3O5. The molecule has 0 saturated carbocycles. The van der Waals surface area contributed by atoms with Crippen LogP contribution in [0.1, 0.15) is 43.7 Å². The molecule has 1 saturated heterocycles. The van der Waals surface area contributed by atoms with Gasteiger partial charge >= 0.3 is 12.1 Å². The lowest BCUT2D eigenvalue weighted by atomic mass is 9.96. The number of carbonyl (C=O) groups excluding carboxylic acids is 2. The molecule has 0 spiro atoms. The molecular weight excluding hydrogens is 446 g/mol. The second kappa shape index (κ2) is 10.5. The Balaban J connectivity index is 1.35. The number of carboxylic acid groups (broad SMARTS) is 1. The van der Waals surface area contributed by atoms with Gasteiger partial charge in [-0.25, -0.2) is 4.79 Å². The minimum absolute atomic E-state index is 0.0457. The summed E-state index contributed by atoms with van der Waals surface area (Å²) in [6.45, 7) is 6.49. The molecule has 1 heterocycles. The number of carbonyl (C=O) groups is 3. The van der Waals surface area contributed by atoms with Crippen molar-refractivity contribution in [2.75, 3.05) is 39.3 Å². The maximum atomic E-state index is 13.3. The monoisotopic (exact) mass is 479 g/mol. The topological polar surface area (TPSA) is 99.2 Å². The quantitative estimate of drug-likeness (QED) is 0.603. The molecule has 8 nitrogen and oxygen atoms in total. The number of fused-ring (bicyclic) bond motifs is 3. The van der Waals surface area contributed by atoms with E-state index in [-0.39, 0.29) is 24.9 Å². The van der Waals surface area contributed by atoms with E-state index >= 15 is 0 Å². The van der Waals surface area contributed by atoms with Gasteiger partial charge in [-0.1, -0.05) is 55.5 Å². The number of rotatable bonds is 8. The van der Waals surface area contributed by atoms with Crippen molar-refractivity contribution in [1.82, 2.24) is 15.1 Å². The Morgan fingerprint density at radius 2 is 1.57 bits per heavy atom. The number of nitrogens with one attached hydrogen (secondary N) is 1. The first kappa shape index (κ1) is 24.7. The van der Waals surface area contributed by atoms with Gasteiger partial charge in [0.1, 0.15) is 12.1 Å². The fraction of sp³-hybridized carbons (Fsp3) is 0.444. The van der Waals surface area contributed by atoms with Crippen LogP contribution >= 0.6 is 0 Å². The molecule has 35 heavy (non-hydrogen) atoms. The summed E-state index contributed by atoms with van der Waals surface area (Å²) >= 11 is 0. The summed E-state index contributed by atoms with van der Waals surface area (Å²) in [6, 6.07) is 16.3. The molecule has 0 radical (unpaired) electrons. The van der Waals surface area contributed by atoms with Crippen molar-refractivity contribution in [2.45, 2.75) is 38.1 Å². The van der Waals surface area contributed by atoms with Crippen molar-refractivity contribution in [2.24, 2.45) is 0 Å². The Hall–Kier alpha value is -3.39. The minimum atomic E-state index is -1.08. The second-order valence-electron chi connectivity index (χ2n) is 9.41. The zero-order valence-electron chi connectivity index (χ0n) is 20.3. The summed E-state index contributed by atoms with van der Waals surface area (Å²) in [5, 5.41) is 11.7. The molecule has 1 aliphatic carbocycles. The highest BCUT2D eigenvalue weighted by atomic mass is 16.5. The highest BCUT2D eigenvalue weighted by Gasteiger charge is 2.38. The van der Waals surface area contributed by atoms with Crippen LogP contribution in [0.3, 0.4) is 0 Å². The van der Waals surface area contributed by atoms with Crippen molar-refractivity contribution in [1.29, 1.82) is 0 Å². The smallest absolute Gasteiger partial charge is 0.408 e. The maximum Gasteiger partial charge on any atom is 0.408 e. The van der Waals surface area contributed by atoms with Crippen molar-refractivity contribution in [3.05, 3.63) is 59.7 Å². The predicted molar refractivity (Wildman–Crippen MR) is 132 cm³/mol. The van der Waals surface area contributed by atoms with Gasteiger partial charge in [0.15, 0.2) is 0 Å².